The second-order valence-corrected chi connectivity index (χ2v) is 4.33. The van der Waals surface area contributed by atoms with Crippen molar-refractivity contribution in [1.82, 2.24) is 15.5 Å². The number of aliphatic hydroxyl groups excluding tert-OH is 1. The zero-order chi connectivity index (χ0) is 13.7. The highest BCUT2D eigenvalue weighted by molar-refractivity contribution is 5.94. The minimum atomic E-state index is -0.193. The summed E-state index contributed by atoms with van der Waals surface area (Å²) in [6, 6.07) is 7.09. The number of aromatic amines is 1. The van der Waals surface area contributed by atoms with Gasteiger partial charge in [-0.05, 0) is 24.1 Å². The smallest absolute Gasteiger partial charge is 0.251 e. The first-order valence-corrected chi connectivity index (χ1v) is 6.25. The van der Waals surface area contributed by atoms with Crippen molar-refractivity contribution in [2.45, 2.75) is 19.4 Å². The lowest BCUT2D eigenvalue weighted by Gasteiger charge is -2.14. The van der Waals surface area contributed by atoms with Gasteiger partial charge in [-0.1, -0.05) is 19.1 Å². The molecule has 1 aromatic carbocycles. The lowest BCUT2D eigenvalue weighted by atomic mass is 10.1. The van der Waals surface area contributed by atoms with Gasteiger partial charge in [0.25, 0.3) is 5.91 Å². The summed E-state index contributed by atoms with van der Waals surface area (Å²) in [6.45, 7) is 1.87. The van der Waals surface area contributed by atoms with Crippen LogP contribution in [0.1, 0.15) is 23.7 Å². The molecule has 19 heavy (non-hydrogen) atoms. The summed E-state index contributed by atoms with van der Waals surface area (Å²) >= 11 is 0. The maximum absolute atomic E-state index is 11.9. The predicted molar refractivity (Wildman–Crippen MR) is 72.7 cm³/mol. The first-order valence-electron chi connectivity index (χ1n) is 6.25. The van der Waals surface area contributed by atoms with Crippen LogP contribution in [0.4, 0.5) is 0 Å². The molecule has 2 aromatic rings. The number of carbonyl (C=O) groups is 1. The molecule has 3 N–H and O–H groups in total. The van der Waals surface area contributed by atoms with Gasteiger partial charge in [0, 0.05) is 17.3 Å². The molecule has 0 bridgehead atoms. The maximum atomic E-state index is 11.9. The van der Waals surface area contributed by atoms with Crippen LogP contribution in [-0.4, -0.2) is 33.9 Å². The molecule has 5 nitrogen and oxygen atoms in total. The van der Waals surface area contributed by atoms with E-state index in [0.29, 0.717) is 12.0 Å². The molecule has 0 aliphatic rings. The lowest BCUT2D eigenvalue weighted by Crippen LogP contribution is -2.36. The molecule has 1 unspecified atom stereocenters. The van der Waals surface area contributed by atoms with Crippen LogP contribution in [0.25, 0.3) is 11.1 Å². The summed E-state index contributed by atoms with van der Waals surface area (Å²) in [4.78, 5) is 11.9. The molecule has 0 saturated carbocycles. The lowest BCUT2D eigenvalue weighted by molar-refractivity contribution is 0.0915. The van der Waals surface area contributed by atoms with Crippen molar-refractivity contribution in [1.29, 1.82) is 0 Å². The Balaban J connectivity index is 2.08. The third kappa shape index (κ3) is 3.20. The average Bonchev–Trinajstić information content (AvgIpc) is 2.99. The number of aliphatic hydroxyl groups is 1. The summed E-state index contributed by atoms with van der Waals surface area (Å²) in [6.07, 6.45) is 4.23. The van der Waals surface area contributed by atoms with E-state index in [4.69, 9.17) is 5.11 Å². The van der Waals surface area contributed by atoms with Crippen LogP contribution in [0.3, 0.4) is 0 Å². The minimum absolute atomic E-state index is 0.0463. The molecule has 0 aliphatic carbocycles. The SMILES string of the molecule is CCC(CO)NC(=O)c1ccc(-c2cn[nH]c2)cc1. The molecule has 100 valence electrons. The van der Waals surface area contributed by atoms with Gasteiger partial charge in [-0.2, -0.15) is 5.10 Å². The quantitative estimate of drug-likeness (QED) is 0.762. The molecule has 0 radical (unpaired) electrons. The van der Waals surface area contributed by atoms with E-state index in [0.717, 1.165) is 11.1 Å². The van der Waals surface area contributed by atoms with Crippen molar-refractivity contribution in [3.8, 4) is 11.1 Å². The first-order chi connectivity index (χ1) is 9.24. The third-order valence-electron chi connectivity index (χ3n) is 3.03. The number of aromatic nitrogens is 2. The van der Waals surface area contributed by atoms with Crippen LogP contribution >= 0.6 is 0 Å². The minimum Gasteiger partial charge on any atom is -0.394 e. The van der Waals surface area contributed by atoms with Crippen molar-refractivity contribution in [3.63, 3.8) is 0 Å². The summed E-state index contributed by atoms with van der Waals surface area (Å²) in [7, 11) is 0. The topological polar surface area (TPSA) is 78.0 Å². The molecule has 0 spiro atoms. The number of carbonyl (C=O) groups excluding carboxylic acids is 1. The van der Waals surface area contributed by atoms with Crippen molar-refractivity contribution in [2.75, 3.05) is 6.61 Å². The van der Waals surface area contributed by atoms with Gasteiger partial charge < -0.3 is 10.4 Å². The van der Waals surface area contributed by atoms with E-state index in [-0.39, 0.29) is 18.6 Å². The second kappa shape index (κ2) is 6.15. The Bertz CT molecular complexity index is 516. The summed E-state index contributed by atoms with van der Waals surface area (Å²) in [5.41, 5.74) is 2.56. The first kappa shape index (κ1) is 13.3. The molecule has 1 heterocycles. The van der Waals surface area contributed by atoms with Gasteiger partial charge in [-0.25, -0.2) is 0 Å². The Morgan fingerprint density at radius 1 is 1.37 bits per heavy atom. The van der Waals surface area contributed by atoms with E-state index >= 15 is 0 Å². The number of nitrogens with one attached hydrogen (secondary N) is 2. The summed E-state index contributed by atoms with van der Waals surface area (Å²) in [5, 5.41) is 18.5. The maximum Gasteiger partial charge on any atom is 0.251 e. The van der Waals surface area contributed by atoms with Crippen molar-refractivity contribution < 1.29 is 9.90 Å². The van der Waals surface area contributed by atoms with E-state index in [1.54, 1.807) is 24.5 Å². The highest BCUT2D eigenvalue weighted by Crippen LogP contribution is 2.17. The van der Waals surface area contributed by atoms with Gasteiger partial charge in [0.1, 0.15) is 0 Å². The molecular formula is C14H17N3O2. The number of hydrogen-bond acceptors (Lipinski definition) is 3. The molecule has 1 aromatic heterocycles. The highest BCUT2D eigenvalue weighted by atomic mass is 16.3. The number of amides is 1. The van der Waals surface area contributed by atoms with Crippen LogP contribution in [0.2, 0.25) is 0 Å². The van der Waals surface area contributed by atoms with E-state index in [9.17, 15) is 4.79 Å². The second-order valence-electron chi connectivity index (χ2n) is 4.33. The number of benzene rings is 1. The molecule has 0 fully saturated rings. The zero-order valence-electron chi connectivity index (χ0n) is 10.8. The van der Waals surface area contributed by atoms with E-state index in [1.165, 1.54) is 0 Å². The van der Waals surface area contributed by atoms with Crippen LogP contribution < -0.4 is 5.32 Å². The number of H-pyrrole nitrogens is 1. The van der Waals surface area contributed by atoms with Gasteiger partial charge in [0.15, 0.2) is 0 Å². The highest BCUT2D eigenvalue weighted by Gasteiger charge is 2.11. The van der Waals surface area contributed by atoms with Crippen LogP contribution in [0.5, 0.6) is 0 Å². The predicted octanol–water partition coefficient (Wildman–Crippen LogP) is 1.58. The van der Waals surface area contributed by atoms with E-state index in [2.05, 4.69) is 15.5 Å². The fraction of sp³-hybridized carbons (Fsp3) is 0.286. The zero-order valence-corrected chi connectivity index (χ0v) is 10.8. The normalized spacial score (nSPS) is 12.1. The molecule has 0 aliphatic heterocycles. The average molecular weight is 259 g/mol. The molecule has 0 saturated heterocycles. The summed E-state index contributed by atoms with van der Waals surface area (Å²) < 4.78 is 0. The van der Waals surface area contributed by atoms with Crippen molar-refractivity contribution in [3.05, 3.63) is 42.2 Å². The number of rotatable bonds is 5. The number of hydrogen-bond donors (Lipinski definition) is 3. The van der Waals surface area contributed by atoms with Gasteiger partial charge in [-0.15, -0.1) is 0 Å². The molecular weight excluding hydrogens is 242 g/mol. The van der Waals surface area contributed by atoms with Crippen LogP contribution in [0, 0.1) is 0 Å². The third-order valence-corrected chi connectivity index (χ3v) is 3.03. The van der Waals surface area contributed by atoms with Gasteiger partial charge in [0.05, 0.1) is 18.8 Å². The van der Waals surface area contributed by atoms with Crippen molar-refractivity contribution >= 4 is 5.91 Å². The van der Waals surface area contributed by atoms with Gasteiger partial charge in [0.2, 0.25) is 0 Å². The fourth-order valence-electron chi connectivity index (χ4n) is 1.77. The Labute approximate surface area is 111 Å². The standard InChI is InChI=1S/C14H17N3O2/c1-2-13(9-18)17-14(19)11-5-3-10(4-6-11)12-7-15-16-8-12/h3-8,13,18H,2,9H2,1H3,(H,15,16)(H,17,19). The fourth-order valence-corrected chi connectivity index (χ4v) is 1.77. The Morgan fingerprint density at radius 3 is 2.63 bits per heavy atom. The number of nitrogens with zero attached hydrogens (tertiary/aromatic N) is 1. The summed E-state index contributed by atoms with van der Waals surface area (Å²) in [5.74, 6) is -0.167. The monoisotopic (exact) mass is 259 g/mol. The Morgan fingerprint density at radius 2 is 2.11 bits per heavy atom. The van der Waals surface area contributed by atoms with Gasteiger partial charge >= 0.3 is 0 Å². The van der Waals surface area contributed by atoms with Gasteiger partial charge in [-0.3, -0.25) is 9.89 Å². The Kier molecular flexibility index (Phi) is 4.30. The van der Waals surface area contributed by atoms with E-state index < -0.39 is 0 Å². The largest absolute Gasteiger partial charge is 0.394 e. The van der Waals surface area contributed by atoms with Crippen molar-refractivity contribution in [2.24, 2.45) is 0 Å². The molecule has 1 amide bonds. The van der Waals surface area contributed by atoms with E-state index in [1.807, 2.05) is 19.1 Å². The molecule has 5 heteroatoms. The Hall–Kier alpha value is -2.14. The molecule has 2 rings (SSSR count). The van der Waals surface area contributed by atoms with Crippen LogP contribution in [0.15, 0.2) is 36.7 Å². The van der Waals surface area contributed by atoms with Crippen LogP contribution in [-0.2, 0) is 0 Å². The molecule has 1 atom stereocenters.